The van der Waals surface area contributed by atoms with Crippen molar-refractivity contribution in [3.63, 3.8) is 0 Å². The van der Waals surface area contributed by atoms with Crippen LogP contribution in [0.2, 0.25) is 0 Å². The first-order chi connectivity index (χ1) is 19.5. The molecule has 2 aliphatic heterocycles. The maximum Gasteiger partial charge on any atom is 0.407 e. The summed E-state index contributed by atoms with van der Waals surface area (Å²) in [5.74, 6) is -0.000163. The molecule has 41 heavy (non-hydrogen) atoms. The lowest BCUT2D eigenvalue weighted by atomic mass is 9.81. The zero-order chi connectivity index (χ0) is 30.0. The Hall–Kier alpha value is -1.87. The van der Waals surface area contributed by atoms with Crippen LogP contribution in [0.25, 0.3) is 0 Å². The van der Waals surface area contributed by atoms with E-state index in [0.717, 1.165) is 44.9 Å². The van der Waals surface area contributed by atoms with Crippen molar-refractivity contribution in [1.29, 1.82) is 0 Å². The zero-order valence-corrected chi connectivity index (χ0v) is 26.5. The second-order valence-electron chi connectivity index (χ2n) is 13.7. The number of nitrogens with one attached hydrogen (secondary N) is 1. The van der Waals surface area contributed by atoms with E-state index in [0.29, 0.717) is 38.3 Å². The Labute approximate surface area is 247 Å². The summed E-state index contributed by atoms with van der Waals surface area (Å²) < 4.78 is 23.4. The molecule has 3 aliphatic rings. The largest absolute Gasteiger partial charge is 0.467 e. The highest BCUT2D eigenvalue weighted by Gasteiger charge is 2.41. The predicted molar refractivity (Wildman–Crippen MR) is 157 cm³/mol. The van der Waals surface area contributed by atoms with Gasteiger partial charge in [0.05, 0.1) is 19.3 Å². The molecule has 3 rings (SSSR count). The van der Waals surface area contributed by atoms with Crippen LogP contribution in [0.5, 0.6) is 0 Å². The van der Waals surface area contributed by atoms with Gasteiger partial charge in [-0.2, -0.15) is 0 Å². The van der Waals surface area contributed by atoms with E-state index in [2.05, 4.69) is 19.2 Å². The number of rotatable bonds is 12. The first-order valence-corrected chi connectivity index (χ1v) is 16.1. The molecule has 9 heteroatoms. The van der Waals surface area contributed by atoms with Gasteiger partial charge in [0.15, 0.2) is 6.29 Å². The quantitative estimate of drug-likeness (QED) is 0.283. The number of hydrogen-bond donors (Lipinski definition) is 1. The third-order valence-corrected chi connectivity index (χ3v) is 8.56. The second-order valence-corrected chi connectivity index (χ2v) is 13.7. The van der Waals surface area contributed by atoms with Crippen molar-refractivity contribution in [2.45, 2.75) is 148 Å². The molecule has 2 heterocycles. The zero-order valence-electron chi connectivity index (χ0n) is 26.5. The number of likely N-dealkylation sites (tertiary alicyclic amines) is 1. The Morgan fingerprint density at radius 1 is 0.951 bits per heavy atom. The molecular weight excluding hydrogens is 524 g/mol. The Kier molecular flexibility index (Phi) is 13.2. The van der Waals surface area contributed by atoms with Crippen molar-refractivity contribution in [3.8, 4) is 0 Å². The van der Waals surface area contributed by atoms with Gasteiger partial charge in [-0.15, -0.1) is 0 Å². The van der Waals surface area contributed by atoms with Crippen molar-refractivity contribution < 1.29 is 33.3 Å². The SMILES string of the molecule is COC(=O)[C@@H]1CCCN1C(=O)[C@H](CC(C)C)C[C@H](OC1CCCCO1)[C@H](CC1CCCCC1)NC(=O)OC(C)(C)C. The van der Waals surface area contributed by atoms with Gasteiger partial charge in [0, 0.05) is 19.1 Å². The normalized spacial score (nSPS) is 24.5. The molecule has 236 valence electrons. The van der Waals surface area contributed by atoms with Crippen molar-refractivity contribution in [1.82, 2.24) is 10.2 Å². The van der Waals surface area contributed by atoms with Crippen LogP contribution in [0.4, 0.5) is 4.79 Å². The average Bonchev–Trinajstić information content (AvgIpc) is 3.41. The number of ether oxygens (including phenoxy) is 4. The highest BCUT2D eigenvalue weighted by Crippen LogP contribution is 2.33. The Morgan fingerprint density at radius 2 is 1.66 bits per heavy atom. The van der Waals surface area contributed by atoms with E-state index in [1.165, 1.54) is 26.4 Å². The van der Waals surface area contributed by atoms with Gasteiger partial charge in [0.2, 0.25) is 5.91 Å². The summed E-state index contributed by atoms with van der Waals surface area (Å²) in [6.45, 7) is 11.0. The summed E-state index contributed by atoms with van der Waals surface area (Å²) in [4.78, 5) is 41.4. The van der Waals surface area contributed by atoms with Crippen LogP contribution in [0.3, 0.4) is 0 Å². The standard InChI is InChI=1S/C32H56N2O7/c1-22(2)19-24(29(35)34-17-12-15-26(34)30(36)38-6)21-27(40-28-16-10-11-18-39-28)25(20-23-13-8-7-9-14-23)33-31(37)41-32(3,4)5/h22-28H,7-21H2,1-6H3,(H,33,37)/t24-,25+,26+,27+,28?/m1/s1. The summed E-state index contributed by atoms with van der Waals surface area (Å²) in [5, 5.41) is 3.17. The van der Waals surface area contributed by atoms with Crippen molar-refractivity contribution in [2.24, 2.45) is 17.8 Å². The molecule has 1 aliphatic carbocycles. The molecule has 5 atom stereocenters. The molecule has 9 nitrogen and oxygen atoms in total. The molecule has 0 bridgehead atoms. The van der Waals surface area contributed by atoms with E-state index >= 15 is 0 Å². The van der Waals surface area contributed by atoms with Crippen LogP contribution in [0, 0.1) is 17.8 Å². The van der Waals surface area contributed by atoms with Gasteiger partial charge in [0.25, 0.3) is 0 Å². The third-order valence-electron chi connectivity index (χ3n) is 8.56. The topological polar surface area (TPSA) is 103 Å². The number of hydrogen-bond acceptors (Lipinski definition) is 7. The fourth-order valence-corrected chi connectivity index (χ4v) is 6.67. The summed E-state index contributed by atoms with van der Waals surface area (Å²) in [6.07, 6.45) is 10.7. The molecule has 0 radical (unpaired) electrons. The van der Waals surface area contributed by atoms with Crippen molar-refractivity contribution in [2.75, 3.05) is 20.3 Å². The molecule has 2 amide bonds. The van der Waals surface area contributed by atoms with E-state index in [1.54, 1.807) is 4.90 Å². The molecular formula is C32H56N2O7. The van der Waals surface area contributed by atoms with E-state index in [9.17, 15) is 14.4 Å². The van der Waals surface area contributed by atoms with E-state index in [4.69, 9.17) is 18.9 Å². The van der Waals surface area contributed by atoms with Crippen LogP contribution in [0.1, 0.15) is 118 Å². The van der Waals surface area contributed by atoms with Gasteiger partial charge >= 0.3 is 12.1 Å². The first-order valence-electron chi connectivity index (χ1n) is 16.1. The number of amides is 2. The average molecular weight is 581 g/mol. The van der Waals surface area contributed by atoms with Crippen LogP contribution in [-0.4, -0.2) is 73.2 Å². The second kappa shape index (κ2) is 16.1. The van der Waals surface area contributed by atoms with Crippen molar-refractivity contribution in [3.05, 3.63) is 0 Å². The number of alkyl carbamates (subject to hydrolysis) is 1. The summed E-state index contributed by atoms with van der Waals surface area (Å²) in [6, 6.07) is -0.864. The van der Waals surface area contributed by atoms with Gasteiger partial charge in [-0.3, -0.25) is 4.79 Å². The molecule has 0 aromatic carbocycles. The smallest absolute Gasteiger partial charge is 0.407 e. The lowest BCUT2D eigenvalue weighted by Crippen LogP contribution is -2.51. The minimum Gasteiger partial charge on any atom is -0.467 e. The summed E-state index contributed by atoms with van der Waals surface area (Å²) in [5.41, 5.74) is -0.628. The van der Waals surface area contributed by atoms with Gasteiger partial charge < -0.3 is 29.2 Å². The maximum absolute atomic E-state index is 14.1. The fraction of sp³-hybridized carbons (Fsp3) is 0.906. The molecule has 1 saturated carbocycles. The Bertz CT molecular complexity index is 830. The minimum absolute atomic E-state index is 0.0292. The van der Waals surface area contributed by atoms with Crippen LogP contribution >= 0.6 is 0 Å². The van der Waals surface area contributed by atoms with Crippen molar-refractivity contribution >= 4 is 18.0 Å². The molecule has 3 fully saturated rings. The first kappa shape index (κ1) is 33.6. The van der Waals surface area contributed by atoms with E-state index in [-0.39, 0.29) is 36.0 Å². The van der Waals surface area contributed by atoms with Crippen LogP contribution in [-0.2, 0) is 28.5 Å². The highest BCUT2D eigenvalue weighted by atomic mass is 16.7. The monoisotopic (exact) mass is 580 g/mol. The number of methoxy groups -OCH3 is 1. The molecule has 0 aromatic heterocycles. The lowest BCUT2D eigenvalue weighted by molar-refractivity contribution is -0.199. The molecule has 0 aromatic rings. The molecule has 2 saturated heterocycles. The maximum atomic E-state index is 14.1. The number of carbonyl (C=O) groups excluding carboxylic acids is 3. The van der Waals surface area contributed by atoms with Crippen LogP contribution in [0.15, 0.2) is 0 Å². The van der Waals surface area contributed by atoms with Crippen LogP contribution < -0.4 is 5.32 Å². The van der Waals surface area contributed by atoms with E-state index < -0.39 is 23.8 Å². The minimum atomic E-state index is -0.628. The third kappa shape index (κ3) is 11.0. The molecule has 1 N–H and O–H groups in total. The molecule has 1 unspecified atom stereocenters. The van der Waals surface area contributed by atoms with Gasteiger partial charge in [-0.25, -0.2) is 9.59 Å². The fourth-order valence-electron chi connectivity index (χ4n) is 6.67. The van der Waals surface area contributed by atoms with Gasteiger partial charge in [0.1, 0.15) is 11.6 Å². The lowest BCUT2D eigenvalue weighted by Gasteiger charge is -2.38. The number of nitrogens with zero attached hydrogens (tertiary/aromatic N) is 1. The molecule has 0 spiro atoms. The predicted octanol–water partition coefficient (Wildman–Crippen LogP) is 5.98. The van der Waals surface area contributed by atoms with Gasteiger partial charge in [-0.1, -0.05) is 46.0 Å². The summed E-state index contributed by atoms with van der Waals surface area (Å²) >= 11 is 0. The highest BCUT2D eigenvalue weighted by molar-refractivity contribution is 5.86. The Balaban J connectivity index is 1.89. The van der Waals surface area contributed by atoms with Gasteiger partial charge in [-0.05, 0) is 84.0 Å². The number of carbonyl (C=O) groups is 3. The van der Waals surface area contributed by atoms with E-state index in [1.807, 2.05) is 20.8 Å². The number of esters is 1. The Morgan fingerprint density at radius 3 is 2.27 bits per heavy atom. The summed E-state index contributed by atoms with van der Waals surface area (Å²) in [7, 11) is 1.38.